The molecule has 154 valence electrons. The van der Waals surface area contributed by atoms with Crippen LogP contribution in [0, 0.1) is 0 Å². The highest BCUT2D eigenvalue weighted by molar-refractivity contribution is 6.09. The number of anilines is 1. The Kier molecular flexibility index (Phi) is 6.64. The Labute approximate surface area is 174 Å². The molecule has 7 nitrogen and oxygen atoms in total. The van der Waals surface area contributed by atoms with Crippen LogP contribution in [0.1, 0.15) is 23.7 Å². The minimum absolute atomic E-state index is 0.0510. The zero-order chi connectivity index (χ0) is 21.5. The number of rotatable bonds is 7. The van der Waals surface area contributed by atoms with Crippen molar-refractivity contribution < 1.29 is 19.1 Å². The Morgan fingerprint density at radius 3 is 2.43 bits per heavy atom. The van der Waals surface area contributed by atoms with Crippen LogP contribution >= 0.6 is 0 Å². The van der Waals surface area contributed by atoms with E-state index in [4.69, 9.17) is 9.47 Å². The molecule has 0 unspecified atom stereocenters. The minimum atomic E-state index is -0.412. The number of ether oxygens (including phenoxy) is 2. The molecule has 0 aliphatic heterocycles. The Balaban J connectivity index is 1.62. The van der Waals surface area contributed by atoms with Gasteiger partial charge in [0.05, 0.1) is 20.6 Å². The number of nitrogens with one attached hydrogen (secondary N) is 2. The van der Waals surface area contributed by atoms with Gasteiger partial charge in [-0.3, -0.25) is 9.59 Å². The molecule has 3 rings (SSSR count). The predicted molar refractivity (Wildman–Crippen MR) is 117 cm³/mol. The molecule has 30 heavy (non-hydrogen) atoms. The molecule has 0 aromatic heterocycles. The van der Waals surface area contributed by atoms with Crippen molar-refractivity contribution in [3.8, 4) is 11.5 Å². The van der Waals surface area contributed by atoms with Crippen LogP contribution in [-0.2, 0) is 4.79 Å². The quantitative estimate of drug-likeness (QED) is 0.459. The SMILES string of the molecule is COc1ccc(C(=O)N/N=C(\C)CC(=O)Nc2cccc3ccccc23)cc1OC. The molecule has 2 amide bonds. The van der Waals surface area contributed by atoms with Crippen molar-refractivity contribution in [2.24, 2.45) is 5.10 Å². The van der Waals surface area contributed by atoms with Crippen molar-refractivity contribution in [1.82, 2.24) is 5.43 Å². The Morgan fingerprint density at radius 1 is 0.933 bits per heavy atom. The molecule has 0 heterocycles. The zero-order valence-electron chi connectivity index (χ0n) is 17.1. The fourth-order valence-corrected chi connectivity index (χ4v) is 2.99. The highest BCUT2D eigenvalue weighted by Gasteiger charge is 2.11. The third-order valence-corrected chi connectivity index (χ3v) is 4.47. The fraction of sp³-hybridized carbons (Fsp3) is 0.174. The van der Waals surface area contributed by atoms with Gasteiger partial charge in [0, 0.05) is 22.3 Å². The first kappa shape index (κ1) is 20.9. The van der Waals surface area contributed by atoms with E-state index in [0.29, 0.717) is 22.8 Å². The largest absolute Gasteiger partial charge is 0.493 e. The maximum absolute atomic E-state index is 12.4. The van der Waals surface area contributed by atoms with Gasteiger partial charge < -0.3 is 14.8 Å². The summed E-state index contributed by atoms with van der Waals surface area (Å²) in [7, 11) is 3.02. The molecule has 0 radical (unpaired) electrons. The highest BCUT2D eigenvalue weighted by Crippen LogP contribution is 2.27. The molecule has 0 bridgehead atoms. The predicted octanol–water partition coefficient (Wildman–Crippen LogP) is 3.99. The van der Waals surface area contributed by atoms with Crippen LogP contribution in [-0.4, -0.2) is 31.7 Å². The lowest BCUT2D eigenvalue weighted by Crippen LogP contribution is -2.21. The molecular formula is C23H23N3O4. The minimum Gasteiger partial charge on any atom is -0.493 e. The summed E-state index contributed by atoms with van der Waals surface area (Å²) < 4.78 is 10.4. The molecule has 2 N–H and O–H groups in total. The highest BCUT2D eigenvalue weighted by atomic mass is 16.5. The number of benzene rings is 3. The molecule has 0 saturated heterocycles. The van der Waals surface area contributed by atoms with Gasteiger partial charge in [0.15, 0.2) is 11.5 Å². The lowest BCUT2D eigenvalue weighted by Gasteiger charge is -2.10. The Bertz CT molecular complexity index is 1100. The first-order valence-electron chi connectivity index (χ1n) is 9.35. The number of carbonyl (C=O) groups excluding carboxylic acids is 2. The molecule has 0 fully saturated rings. The van der Waals surface area contributed by atoms with Crippen molar-refractivity contribution in [2.75, 3.05) is 19.5 Å². The summed E-state index contributed by atoms with van der Waals surface area (Å²) in [4.78, 5) is 24.7. The van der Waals surface area contributed by atoms with E-state index >= 15 is 0 Å². The van der Waals surface area contributed by atoms with E-state index in [1.807, 2.05) is 42.5 Å². The van der Waals surface area contributed by atoms with Crippen LogP contribution in [0.4, 0.5) is 5.69 Å². The van der Waals surface area contributed by atoms with Crippen molar-refractivity contribution in [2.45, 2.75) is 13.3 Å². The average molecular weight is 405 g/mol. The number of hydrogen-bond donors (Lipinski definition) is 2. The number of nitrogens with zero attached hydrogens (tertiary/aromatic N) is 1. The molecule has 3 aromatic rings. The molecular weight excluding hydrogens is 382 g/mol. The number of hydrogen-bond acceptors (Lipinski definition) is 5. The standard InChI is InChI=1S/C23H23N3O4/c1-15(25-26-23(28)17-11-12-20(29-2)21(14-17)30-3)13-22(27)24-19-10-6-8-16-7-4-5-9-18(16)19/h4-12,14H,13H2,1-3H3,(H,24,27)(H,26,28)/b25-15+. The topological polar surface area (TPSA) is 89.0 Å². The Hall–Kier alpha value is -3.87. The van der Waals surface area contributed by atoms with Gasteiger partial charge in [-0.15, -0.1) is 0 Å². The van der Waals surface area contributed by atoms with Crippen LogP contribution in [0.25, 0.3) is 10.8 Å². The second-order valence-electron chi connectivity index (χ2n) is 6.61. The van der Waals surface area contributed by atoms with E-state index in [2.05, 4.69) is 15.8 Å². The zero-order valence-corrected chi connectivity index (χ0v) is 17.1. The van der Waals surface area contributed by atoms with E-state index in [9.17, 15) is 9.59 Å². The first-order valence-corrected chi connectivity index (χ1v) is 9.35. The maximum atomic E-state index is 12.4. The second kappa shape index (κ2) is 9.56. The lowest BCUT2D eigenvalue weighted by atomic mass is 10.1. The number of fused-ring (bicyclic) bond motifs is 1. The summed E-state index contributed by atoms with van der Waals surface area (Å²) in [6, 6.07) is 18.4. The summed E-state index contributed by atoms with van der Waals surface area (Å²) in [6.07, 6.45) is 0.0510. The number of hydrazone groups is 1. The molecule has 0 aliphatic carbocycles. The van der Waals surface area contributed by atoms with E-state index in [0.717, 1.165) is 16.5 Å². The summed E-state index contributed by atoms with van der Waals surface area (Å²) >= 11 is 0. The second-order valence-corrected chi connectivity index (χ2v) is 6.61. The van der Waals surface area contributed by atoms with Crippen molar-refractivity contribution in [3.63, 3.8) is 0 Å². The van der Waals surface area contributed by atoms with Gasteiger partial charge in [-0.25, -0.2) is 5.43 Å². The van der Waals surface area contributed by atoms with Gasteiger partial charge in [-0.2, -0.15) is 5.10 Å². The van der Waals surface area contributed by atoms with Gasteiger partial charge in [0.1, 0.15) is 0 Å². The molecule has 7 heteroatoms. The van der Waals surface area contributed by atoms with Gasteiger partial charge in [0.25, 0.3) is 5.91 Å². The van der Waals surface area contributed by atoms with E-state index in [1.165, 1.54) is 14.2 Å². The van der Waals surface area contributed by atoms with Crippen LogP contribution < -0.4 is 20.2 Å². The third-order valence-electron chi connectivity index (χ3n) is 4.47. The smallest absolute Gasteiger partial charge is 0.271 e. The van der Waals surface area contributed by atoms with Crippen molar-refractivity contribution in [3.05, 3.63) is 66.2 Å². The van der Waals surface area contributed by atoms with Crippen molar-refractivity contribution in [1.29, 1.82) is 0 Å². The monoisotopic (exact) mass is 405 g/mol. The molecule has 0 atom stereocenters. The van der Waals surface area contributed by atoms with Crippen LogP contribution in [0.15, 0.2) is 65.8 Å². The van der Waals surface area contributed by atoms with Crippen LogP contribution in [0.2, 0.25) is 0 Å². The molecule has 3 aromatic carbocycles. The fourth-order valence-electron chi connectivity index (χ4n) is 2.99. The van der Waals surface area contributed by atoms with Gasteiger partial charge in [0.2, 0.25) is 5.91 Å². The first-order chi connectivity index (χ1) is 14.5. The normalized spacial score (nSPS) is 11.1. The molecule has 0 spiro atoms. The van der Waals surface area contributed by atoms with E-state index < -0.39 is 5.91 Å². The van der Waals surface area contributed by atoms with Crippen molar-refractivity contribution >= 4 is 34.0 Å². The third kappa shape index (κ3) is 4.94. The summed E-state index contributed by atoms with van der Waals surface area (Å²) in [6.45, 7) is 1.68. The van der Waals surface area contributed by atoms with Gasteiger partial charge in [-0.05, 0) is 36.6 Å². The van der Waals surface area contributed by atoms with Crippen LogP contribution in [0.5, 0.6) is 11.5 Å². The van der Waals surface area contributed by atoms with Crippen LogP contribution in [0.3, 0.4) is 0 Å². The van der Waals surface area contributed by atoms with Gasteiger partial charge in [-0.1, -0.05) is 36.4 Å². The van der Waals surface area contributed by atoms with Gasteiger partial charge >= 0.3 is 0 Å². The van der Waals surface area contributed by atoms with E-state index in [1.54, 1.807) is 25.1 Å². The summed E-state index contributed by atoms with van der Waals surface area (Å²) in [5.41, 5.74) is 4.03. The van der Waals surface area contributed by atoms with E-state index in [-0.39, 0.29) is 12.3 Å². The lowest BCUT2D eigenvalue weighted by molar-refractivity contribution is -0.115. The Morgan fingerprint density at radius 2 is 1.67 bits per heavy atom. The average Bonchev–Trinajstić information content (AvgIpc) is 2.77. The summed E-state index contributed by atoms with van der Waals surface area (Å²) in [5.74, 6) is 0.344. The summed E-state index contributed by atoms with van der Waals surface area (Å²) in [5, 5.41) is 8.93. The molecule has 0 saturated carbocycles. The number of amides is 2. The number of methoxy groups -OCH3 is 2. The maximum Gasteiger partial charge on any atom is 0.271 e. The number of carbonyl (C=O) groups is 2. The molecule has 0 aliphatic rings.